The van der Waals surface area contributed by atoms with Crippen molar-refractivity contribution >= 4 is 29.5 Å². The molecule has 336 valence electrons. The van der Waals surface area contributed by atoms with E-state index < -0.39 is 40.3 Å². The van der Waals surface area contributed by atoms with E-state index in [1.807, 2.05) is 13.8 Å². The molecule has 11 atom stereocenters. The first-order valence-corrected chi connectivity index (χ1v) is 23.5. The number of aliphatic carboxylic acids is 1. The van der Waals surface area contributed by atoms with Gasteiger partial charge in [0.1, 0.15) is 11.6 Å². The third-order valence-electron chi connectivity index (χ3n) is 19.3. The van der Waals surface area contributed by atoms with Crippen LogP contribution in [0.15, 0.2) is 11.1 Å². The van der Waals surface area contributed by atoms with Crippen molar-refractivity contribution in [3.8, 4) is 0 Å². The van der Waals surface area contributed by atoms with Crippen LogP contribution in [0.4, 0.5) is 0 Å². The van der Waals surface area contributed by atoms with Gasteiger partial charge >= 0.3 is 11.9 Å². The number of hydrogen-bond donors (Lipinski definition) is 5. The minimum atomic E-state index is -1.16. The number of ether oxygens (including phenoxy) is 1. The van der Waals surface area contributed by atoms with Gasteiger partial charge in [0.05, 0.1) is 17.9 Å². The van der Waals surface area contributed by atoms with Crippen molar-refractivity contribution in [1.82, 2.24) is 16.0 Å². The van der Waals surface area contributed by atoms with Crippen molar-refractivity contribution in [2.45, 2.75) is 171 Å². The highest BCUT2D eigenvalue weighted by molar-refractivity contribution is 6.01. The average Bonchev–Trinajstić information content (AvgIpc) is 3.47. The monoisotopic (exact) mass is 836 g/mol. The third kappa shape index (κ3) is 6.73. The van der Waals surface area contributed by atoms with E-state index in [2.05, 4.69) is 64.4 Å². The van der Waals surface area contributed by atoms with Gasteiger partial charge in [-0.25, -0.2) is 0 Å². The maximum absolute atomic E-state index is 14.2. The fourth-order valence-corrected chi connectivity index (χ4v) is 15.4. The number of carbonyl (C=O) groups is 5. The van der Waals surface area contributed by atoms with Crippen LogP contribution in [0.2, 0.25) is 0 Å². The lowest BCUT2D eigenvalue weighted by Gasteiger charge is -2.72. The molecule has 7 aliphatic rings. The molecule has 11 nitrogen and oxygen atoms in total. The molecule has 5 saturated carbocycles. The highest BCUT2D eigenvalue weighted by atomic mass is 16.5. The molecule has 1 saturated heterocycles. The van der Waals surface area contributed by atoms with E-state index in [1.54, 1.807) is 13.8 Å². The number of carbonyl (C=O) groups excluding carboxylic acids is 4. The van der Waals surface area contributed by atoms with Crippen LogP contribution < -0.4 is 16.0 Å². The zero-order chi connectivity index (χ0) is 44.2. The highest BCUT2D eigenvalue weighted by Crippen LogP contribution is 2.77. The zero-order valence-corrected chi connectivity index (χ0v) is 38.6. The smallest absolute Gasteiger partial charge is 0.309 e. The number of hydrogen-bond acceptors (Lipinski definition) is 8. The van der Waals surface area contributed by atoms with E-state index in [1.165, 1.54) is 0 Å². The van der Waals surface area contributed by atoms with E-state index in [4.69, 9.17) is 4.74 Å². The number of Topliss-reactive ketones (excluding diaryl/α,β-unsaturated/α-hetero) is 1. The number of amides is 2. The number of nitrogens with one attached hydrogen (secondary N) is 3. The molecule has 0 unspecified atom stereocenters. The summed E-state index contributed by atoms with van der Waals surface area (Å²) in [5, 5.41) is 31.3. The predicted octanol–water partition coefficient (Wildman–Crippen LogP) is 7.00. The molecule has 0 bridgehead atoms. The van der Waals surface area contributed by atoms with Crippen LogP contribution in [0.1, 0.15) is 153 Å². The maximum atomic E-state index is 14.2. The van der Waals surface area contributed by atoms with Gasteiger partial charge in [0, 0.05) is 29.7 Å². The summed E-state index contributed by atoms with van der Waals surface area (Å²) >= 11 is 0. The van der Waals surface area contributed by atoms with Crippen molar-refractivity contribution in [1.29, 1.82) is 0 Å². The molecule has 1 aliphatic heterocycles. The number of fused-ring (bicyclic) bond motifs is 7. The van der Waals surface area contributed by atoms with E-state index in [-0.39, 0.29) is 82.1 Å². The number of aliphatic hydroxyl groups excluding tert-OH is 1. The summed E-state index contributed by atoms with van der Waals surface area (Å²) in [6.07, 6.45) is 8.21. The second-order valence-corrected chi connectivity index (χ2v) is 23.5. The Labute approximate surface area is 359 Å². The van der Waals surface area contributed by atoms with Crippen molar-refractivity contribution in [2.75, 3.05) is 19.6 Å². The normalized spacial score (nSPS) is 40.2. The van der Waals surface area contributed by atoms with Crippen LogP contribution >= 0.6 is 0 Å². The standard InChI is InChI=1S/C49H77N3O8/c1-27(2)37-32(53)25-49(35(54)26-51-42(59)45(7,8)52-39(55)28-16-22-50-23-17-28)21-20-47(10)29(38(37)49)12-13-34-46(9)18-15-36(44(5,6)33(46)14-19-48(34,47)11)60-41(58)31-24-30(40(56)57)43(31,3)4/h27-31,33-36,50,54H,12-26H2,1-11H3,(H,51,59)(H,52,55)(H,56,57)/t29-,30+,31-,33+,34-,35+,36+,46+,47-,48-,49+/m1/s1. The third-order valence-corrected chi connectivity index (χ3v) is 19.3. The zero-order valence-electron chi connectivity index (χ0n) is 38.6. The Balaban J connectivity index is 1.09. The van der Waals surface area contributed by atoms with Gasteiger partial charge < -0.3 is 30.9 Å². The van der Waals surface area contributed by atoms with Crippen LogP contribution in [0.3, 0.4) is 0 Å². The van der Waals surface area contributed by atoms with Gasteiger partial charge in [-0.3, -0.25) is 24.0 Å². The summed E-state index contributed by atoms with van der Waals surface area (Å²) in [7, 11) is 0. The lowest BCUT2D eigenvalue weighted by Crippen LogP contribution is -2.66. The molecular formula is C49H77N3O8. The van der Waals surface area contributed by atoms with Gasteiger partial charge in [0.15, 0.2) is 5.78 Å². The molecule has 7 rings (SSSR count). The fraction of sp³-hybridized carbons (Fsp3) is 0.857. The quantitative estimate of drug-likeness (QED) is 0.146. The molecule has 6 fully saturated rings. The number of carboxylic acids is 1. The molecule has 6 aliphatic carbocycles. The van der Waals surface area contributed by atoms with Crippen LogP contribution in [-0.2, 0) is 28.7 Å². The fourth-order valence-electron chi connectivity index (χ4n) is 15.4. The molecule has 0 aromatic rings. The lowest BCUT2D eigenvalue weighted by atomic mass is 9.33. The Morgan fingerprint density at radius 1 is 0.833 bits per heavy atom. The van der Waals surface area contributed by atoms with Gasteiger partial charge in [-0.05, 0) is 148 Å². The van der Waals surface area contributed by atoms with Crippen molar-refractivity contribution in [3.63, 3.8) is 0 Å². The molecular weight excluding hydrogens is 759 g/mol. The molecule has 0 spiro atoms. The number of piperidine rings is 1. The SMILES string of the molecule is CC(C)C1=C2[C@H]3CC[C@@H]4[C@@]5(C)CC[C@H](OC(=O)[C@H]6C[C@@H](C(=O)O)C6(C)C)C(C)(C)[C@@H]5CC[C@@]4(C)[C@]3(C)CC[C@@]2([C@@H](O)CNC(=O)C(C)(C)NC(=O)C2CCNCC2)CC1=O. The number of ketones is 1. The maximum Gasteiger partial charge on any atom is 0.309 e. The largest absolute Gasteiger partial charge is 0.481 e. The van der Waals surface area contributed by atoms with E-state index in [0.29, 0.717) is 24.7 Å². The molecule has 11 heteroatoms. The Bertz CT molecular complexity index is 1810. The highest BCUT2D eigenvalue weighted by Gasteiger charge is 2.71. The second kappa shape index (κ2) is 15.2. The van der Waals surface area contributed by atoms with Gasteiger partial charge in [0.2, 0.25) is 11.8 Å². The average molecular weight is 836 g/mol. The summed E-state index contributed by atoms with van der Waals surface area (Å²) < 4.78 is 6.41. The number of allylic oxidation sites excluding steroid dienone is 1. The molecule has 1 heterocycles. The number of carboxylic acid groups (broad SMARTS) is 1. The van der Waals surface area contributed by atoms with Crippen molar-refractivity contribution < 1.29 is 38.9 Å². The molecule has 0 aromatic carbocycles. The van der Waals surface area contributed by atoms with Crippen LogP contribution in [0.5, 0.6) is 0 Å². The van der Waals surface area contributed by atoms with E-state index in [9.17, 15) is 34.2 Å². The van der Waals surface area contributed by atoms with Crippen LogP contribution in [0.25, 0.3) is 0 Å². The summed E-state index contributed by atoms with van der Waals surface area (Å²) in [6, 6.07) is 0. The predicted molar refractivity (Wildman–Crippen MR) is 229 cm³/mol. The summed E-state index contributed by atoms with van der Waals surface area (Å²) in [6.45, 7) is 25.0. The van der Waals surface area contributed by atoms with E-state index >= 15 is 0 Å². The van der Waals surface area contributed by atoms with Crippen molar-refractivity contribution in [3.05, 3.63) is 11.1 Å². The van der Waals surface area contributed by atoms with Gasteiger partial charge in [0.25, 0.3) is 0 Å². The molecule has 2 amide bonds. The second-order valence-electron chi connectivity index (χ2n) is 23.5. The number of rotatable bonds is 10. The van der Waals surface area contributed by atoms with Crippen LogP contribution in [-0.4, -0.2) is 77.1 Å². The molecule has 60 heavy (non-hydrogen) atoms. The first kappa shape index (κ1) is 45.2. The summed E-state index contributed by atoms with van der Waals surface area (Å²) in [4.78, 5) is 66.4. The van der Waals surface area contributed by atoms with Crippen molar-refractivity contribution in [2.24, 2.45) is 73.9 Å². The number of esters is 1. The number of aliphatic hydroxyl groups is 1. The van der Waals surface area contributed by atoms with Crippen LogP contribution in [0, 0.1) is 73.9 Å². The Morgan fingerprint density at radius 3 is 2.12 bits per heavy atom. The minimum absolute atomic E-state index is 0.00984. The first-order valence-electron chi connectivity index (χ1n) is 23.5. The first-order chi connectivity index (χ1) is 27.8. The van der Waals surface area contributed by atoms with E-state index in [0.717, 1.165) is 82.0 Å². The van der Waals surface area contributed by atoms with Gasteiger partial charge in [-0.2, -0.15) is 0 Å². The Kier molecular flexibility index (Phi) is 11.5. The Hall–Kier alpha value is -2.79. The minimum Gasteiger partial charge on any atom is -0.481 e. The molecule has 5 N–H and O–H groups in total. The molecule has 0 aromatic heterocycles. The summed E-state index contributed by atoms with van der Waals surface area (Å²) in [5.74, 6) is -1.57. The topological polar surface area (TPSA) is 171 Å². The Morgan fingerprint density at radius 2 is 1.50 bits per heavy atom. The lowest BCUT2D eigenvalue weighted by molar-refractivity contribution is -0.238. The molecule has 0 radical (unpaired) electrons. The van der Waals surface area contributed by atoms with Gasteiger partial charge in [-0.1, -0.05) is 67.9 Å². The van der Waals surface area contributed by atoms with Gasteiger partial charge in [-0.15, -0.1) is 0 Å². The summed E-state index contributed by atoms with van der Waals surface area (Å²) in [5.41, 5.74) is -0.856.